The van der Waals surface area contributed by atoms with Crippen LogP contribution in [0.2, 0.25) is 0 Å². The lowest BCUT2D eigenvalue weighted by Gasteiger charge is -2.22. The van der Waals surface area contributed by atoms with Crippen molar-refractivity contribution in [3.8, 4) is 0 Å². The highest BCUT2D eigenvalue weighted by atomic mass is 79.9. The van der Waals surface area contributed by atoms with E-state index < -0.39 is 15.9 Å². The van der Waals surface area contributed by atoms with E-state index in [-0.39, 0.29) is 18.0 Å². The van der Waals surface area contributed by atoms with Crippen LogP contribution in [0.1, 0.15) is 11.1 Å². The third kappa shape index (κ3) is 5.76. The van der Waals surface area contributed by atoms with Crippen molar-refractivity contribution in [2.45, 2.75) is 18.4 Å². The first-order valence-corrected chi connectivity index (χ1v) is 11.2. The lowest BCUT2D eigenvalue weighted by molar-refractivity contribution is -0.116. The van der Waals surface area contributed by atoms with Crippen LogP contribution < -0.4 is 5.32 Å². The van der Waals surface area contributed by atoms with Gasteiger partial charge in [-0.3, -0.25) is 4.79 Å². The maximum atomic E-state index is 13.2. The van der Waals surface area contributed by atoms with Crippen LogP contribution in [0.5, 0.6) is 0 Å². The monoisotopic (exact) mass is 472 g/mol. The largest absolute Gasteiger partial charge is 0.325 e. The zero-order valence-electron chi connectivity index (χ0n) is 15.9. The fraction of sp³-hybridized carbons (Fsp3) is 0.136. The summed E-state index contributed by atoms with van der Waals surface area (Å²) in [5, 5.41) is 2.75. The number of hydrogen-bond donors (Lipinski definition) is 1. The van der Waals surface area contributed by atoms with E-state index in [0.717, 1.165) is 15.6 Å². The second kappa shape index (κ2) is 9.35. The van der Waals surface area contributed by atoms with Gasteiger partial charge in [-0.2, -0.15) is 4.31 Å². The average Bonchev–Trinajstić information content (AvgIpc) is 2.70. The molecule has 0 aliphatic carbocycles. The first kappa shape index (κ1) is 21.2. The summed E-state index contributed by atoms with van der Waals surface area (Å²) in [6, 6.07) is 22.9. The summed E-state index contributed by atoms with van der Waals surface area (Å²) in [5.41, 5.74) is 2.37. The minimum atomic E-state index is -3.85. The molecule has 0 unspecified atom stereocenters. The molecule has 0 saturated carbocycles. The fourth-order valence-electron chi connectivity index (χ4n) is 2.76. The van der Waals surface area contributed by atoms with E-state index in [2.05, 4.69) is 21.2 Å². The van der Waals surface area contributed by atoms with Crippen molar-refractivity contribution in [1.82, 2.24) is 4.31 Å². The van der Waals surface area contributed by atoms with E-state index in [1.165, 1.54) is 4.31 Å². The number of hydrogen-bond acceptors (Lipinski definition) is 3. The van der Waals surface area contributed by atoms with Crippen molar-refractivity contribution in [2.24, 2.45) is 0 Å². The number of aryl methyl sites for hydroxylation is 1. The molecule has 0 aromatic heterocycles. The molecule has 0 heterocycles. The summed E-state index contributed by atoms with van der Waals surface area (Å²) in [6.07, 6.45) is 0. The summed E-state index contributed by atoms with van der Waals surface area (Å²) < 4.78 is 28.6. The van der Waals surface area contributed by atoms with Crippen LogP contribution in [0.3, 0.4) is 0 Å². The topological polar surface area (TPSA) is 66.5 Å². The Morgan fingerprint density at radius 3 is 2.17 bits per heavy atom. The van der Waals surface area contributed by atoms with Gasteiger partial charge in [0.25, 0.3) is 0 Å². The zero-order chi connectivity index (χ0) is 20.9. The van der Waals surface area contributed by atoms with Gasteiger partial charge in [-0.25, -0.2) is 8.42 Å². The summed E-state index contributed by atoms with van der Waals surface area (Å²) in [6.45, 7) is 1.69. The van der Waals surface area contributed by atoms with Crippen LogP contribution in [-0.4, -0.2) is 25.2 Å². The molecular weight excluding hydrogens is 452 g/mol. The molecule has 1 amide bonds. The Labute approximate surface area is 179 Å². The van der Waals surface area contributed by atoms with Gasteiger partial charge in [-0.05, 0) is 48.9 Å². The van der Waals surface area contributed by atoms with Gasteiger partial charge < -0.3 is 5.32 Å². The van der Waals surface area contributed by atoms with E-state index in [0.29, 0.717) is 5.69 Å². The number of carbonyl (C=O) groups excluding carboxylic acids is 1. The Hall–Kier alpha value is -2.48. The molecule has 0 radical (unpaired) electrons. The minimum Gasteiger partial charge on any atom is -0.325 e. The van der Waals surface area contributed by atoms with Gasteiger partial charge in [0.2, 0.25) is 15.9 Å². The third-order valence-corrected chi connectivity index (χ3v) is 6.64. The predicted molar refractivity (Wildman–Crippen MR) is 118 cm³/mol. The molecule has 29 heavy (non-hydrogen) atoms. The van der Waals surface area contributed by atoms with Crippen LogP contribution in [0.4, 0.5) is 5.69 Å². The Bertz CT molecular complexity index is 1070. The molecule has 5 nitrogen and oxygen atoms in total. The predicted octanol–water partition coefficient (Wildman–Crippen LogP) is 4.59. The number of sulfonamides is 1. The first-order valence-electron chi connectivity index (χ1n) is 9.01. The van der Waals surface area contributed by atoms with E-state index in [4.69, 9.17) is 0 Å². The van der Waals surface area contributed by atoms with E-state index in [1.807, 2.05) is 37.3 Å². The molecule has 150 valence electrons. The highest BCUT2D eigenvalue weighted by Gasteiger charge is 2.27. The molecule has 3 aromatic rings. The maximum absolute atomic E-state index is 13.2. The van der Waals surface area contributed by atoms with Crippen molar-refractivity contribution < 1.29 is 13.2 Å². The number of halogens is 1. The van der Waals surface area contributed by atoms with Crippen LogP contribution in [0, 0.1) is 6.92 Å². The second-order valence-corrected chi connectivity index (χ2v) is 9.48. The summed E-state index contributed by atoms with van der Waals surface area (Å²) >= 11 is 3.38. The number of carbonyl (C=O) groups is 1. The Morgan fingerprint density at radius 1 is 0.931 bits per heavy atom. The van der Waals surface area contributed by atoms with Gasteiger partial charge in [-0.15, -0.1) is 0 Å². The second-order valence-electron chi connectivity index (χ2n) is 6.63. The quantitative estimate of drug-likeness (QED) is 0.546. The lowest BCUT2D eigenvalue weighted by atomic mass is 10.2. The van der Waals surface area contributed by atoms with Crippen LogP contribution in [0.15, 0.2) is 88.2 Å². The van der Waals surface area contributed by atoms with Crippen LogP contribution in [-0.2, 0) is 21.4 Å². The molecule has 1 N–H and O–H groups in total. The first-order chi connectivity index (χ1) is 13.8. The molecular formula is C22H21BrN2O3S. The molecule has 3 rings (SSSR count). The highest BCUT2D eigenvalue weighted by Crippen LogP contribution is 2.20. The van der Waals surface area contributed by atoms with Gasteiger partial charge in [0.1, 0.15) is 0 Å². The van der Waals surface area contributed by atoms with Crippen molar-refractivity contribution >= 4 is 37.5 Å². The van der Waals surface area contributed by atoms with Gasteiger partial charge >= 0.3 is 0 Å². The summed E-state index contributed by atoms with van der Waals surface area (Å²) in [4.78, 5) is 12.7. The molecule has 3 aromatic carbocycles. The maximum Gasteiger partial charge on any atom is 0.243 e. The highest BCUT2D eigenvalue weighted by molar-refractivity contribution is 9.10. The number of amides is 1. The molecule has 0 atom stereocenters. The van der Waals surface area contributed by atoms with Crippen molar-refractivity contribution in [3.05, 3.63) is 94.5 Å². The number of anilines is 1. The van der Waals surface area contributed by atoms with E-state index >= 15 is 0 Å². The van der Waals surface area contributed by atoms with Gasteiger partial charge in [0.05, 0.1) is 11.4 Å². The van der Waals surface area contributed by atoms with Gasteiger partial charge in [-0.1, -0.05) is 64.0 Å². The Morgan fingerprint density at radius 2 is 1.55 bits per heavy atom. The van der Waals surface area contributed by atoms with Crippen molar-refractivity contribution in [2.75, 3.05) is 11.9 Å². The Kier molecular flexibility index (Phi) is 6.84. The molecule has 0 saturated heterocycles. The summed E-state index contributed by atoms with van der Waals surface area (Å²) in [5.74, 6) is -0.399. The Balaban J connectivity index is 1.87. The van der Waals surface area contributed by atoms with Crippen LogP contribution >= 0.6 is 15.9 Å². The van der Waals surface area contributed by atoms with Gasteiger partial charge in [0.15, 0.2) is 0 Å². The van der Waals surface area contributed by atoms with E-state index in [1.54, 1.807) is 48.5 Å². The SMILES string of the molecule is Cc1ccc(S(=O)(=O)N(CC(=O)Nc2ccccc2)Cc2ccc(Br)cc2)cc1. The zero-order valence-corrected chi connectivity index (χ0v) is 18.3. The molecule has 0 aliphatic heterocycles. The third-order valence-electron chi connectivity index (χ3n) is 4.31. The fourth-order valence-corrected chi connectivity index (χ4v) is 4.41. The normalized spacial score (nSPS) is 11.4. The number of nitrogens with one attached hydrogen (secondary N) is 1. The van der Waals surface area contributed by atoms with Crippen molar-refractivity contribution in [3.63, 3.8) is 0 Å². The number of benzene rings is 3. The van der Waals surface area contributed by atoms with Gasteiger partial charge in [0, 0.05) is 16.7 Å². The van der Waals surface area contributed by atoms with E-state index in [9.17, 15) is 13.2 Å². The van der Waals surface area contributed by atoms with Crippen molar-refractivity contribution in [1.29, 1.82) is 0 Å². The number of rotatable bonds is 7. The average molecular weight is 473 g/mol. The molecule has 7 heteroatoms. The molecule has 0 spiro atoms. The standard InChI is InChI=1S/C22H21BrN2O3S/c1-17-7-13-21(14-8-17)29(27,28)25(15-18-9-11-19(23)12-10-18)16-22(26)24-20-5-3-2-4-6-20/h2-14H,15-16H2,1H3,(H,24,26). The molecule has 0 fully saturated rings. The number of para-hydroxylation sites is 1. The smallest absolute Gasteiger partial charge is 0.243 e. The molecule has 0 bridgehead atoms. The molecule has 0 aliphatic rings. The number of nitrogens with zero attached hydrogens (tertiary/aromatic N) is 1. The minimum absolute atomic E-state index is 0.0890. The van der Waals surface area contributed by atoms with Crippen LogP contribution in [0.25, 0.3) is 0 Å². The summed E-state index contributed by atoms with van der Waals surface area (Å²) in [7, 11) is -3.85. The lowest BCUT2D eigenvalue weighted by Crippen LogP contribution is -2.37.